The lowest BCUT2D eigenvalue weighted by Crippen LogP contribution is -2.51. The minimum Gasteiger partial charge on any atom is -0.374 e. The van der Waals surface area contributed by atoms with Crippen molar-refractivity contribution in [2.45, 2.75) is 145 Å². The number of piperidine rings is 1. The van der Waals surface area contributed by atoms with Gasteiger partial charge in [0.1, 0.15) is 41.0 Å². The van der Waals surface area contributed by atoms with E-state index in [1.54, 1.807) is 44.7 Å². The second-order valence-corrected chi connectivity index (χ2v) is 33.8. The summed E-state index contributed by atoms with van der Waals surface area (Å²) in [7, 11) is 0. The highest BCUT2D eigenvalue weighted by Gasteiger charge is 2.53. The molecule has 38 heteroatoms. The van der Waals surface area contributed by atoms with Crippen molar-refractivity contribution in [3.05, 3.63) is 132 Å². The number of carbonyl (C=O) groups is 6. The van der Waals surface area contributed by atoms with Crippen LogP contribution in [0.25, 0.3) is 22.6 Å². The number of carbonyl (C=O) groups excluding carboxylic acids is 6. The minimum absolute atomic E-state index is 0.0584. The summed E-state index contributed by atoms with van der Waals surface area (Å²) in [6.45, 7) is 11.9. The number of anilines is 6. The Morgan fingerprint density at radius 1 is 0.582 bits per heavy atom. The van der Waals surface area contributed by atoms with E-state index in [2.05, 4.69) is 107 Å². The van der Waals surface area contributed by atoms with Crippen molar-refractivity contribution in [2.75, 3.05) is 129 Å². The van der Waals surface area contributed by atoms with E-state index in [0.717, 1.165) is 103 Å². The third-order valence-corrected chi connectivity index (χ3v) is 26.3. The van der Waals surface area contributed by atoms with Gasteiger partial charge in [0.05, 0.1) is 109 Å². The molecule has 2 unspecified atom stereocenters. The summed E-state index contributed by atoms with van der Waals surface area (Å²) in [6.07, 6.45) is 17.3. The average Bonchev–Trinajstić information content (AvgIpc) is 1.58. The lowest BCUT2D eigenvalue weighted by atomic mass is 9.73. The Balaban J connectivity index is 0.491. The predicted molar refractivity (Wildman–Crippen MR) is 435 cm³/mol. The molecule has 8 amide bonds. The van der Waals surface area contributed by atoms with Gasteiger partial charge in [-0.25, -0.2) is 56.1 Å². The number of alkyl halides is 4. The number of fused-ring (bicyclic) bond motifs is 8. The van der Waals surface area contributed by atoms with Crippen LogP contribution in [0.2, 0.25) is 0 Å². The Morgan fingerprint density at radius 2 is 1.16 bits per heavy atom. The molecule has 20 rings (SSSR count). The second kappa shape index (κ2) is 32.8. The van der Waals surface area contributed by atoms with Crippen LogP contribution in [0.15, 0.2) is 98.4 Å². The number of pyridine rings is 2. The first-order valence-electron chi connectivity index (χ1n) is 42.2. The fourth-order valence-corrected chi connectivity index (χ4v) is 20.2. The SMILES string of the molecule is C[C@H]1CN(C[C@@H]2CC[C@@H](n3cc(NC(=O)c4cnn5ccc(N6C[C@H]7C[C@@H]6CO7)nc45)c(C(F)F)n3)C(C3O[C@@H]4C[C@H]3N(c3ccn5ncc(C(=O)Nc6cn(C7CCC(CN8CCN(CC#Cc9cccn%10c(N%11CCC(=O)NC%11=O)cnc9%10)CC8)CC7)nc6C(F)F)c5n3)C4)C2)CC[C@@H]1OCC#Cc1cccn2c(N3CCC(=O)NC3=O)cnc12. The molecule has 10 aromatic rings. The van der Waals surface area contributed by atoms with Crippen molar-refractivity contribution >= 4 is 92.9 Å². The van der Waals surface area contributed by atoms with Gasteiger partial charge in [0.25, 0.3) is 24.7 Å². The lowest BCUT2D eigenvalue weighted by Gasteiger charge is -2.46. The fourth-order valence-electron chi connectivity index (χ4n) is 20.2. The van der Waals surface area contributed by atoms with Gasteiger partial charge < -0.3 is 44.4 Å². The zero-order chi connectivity index (χ0) is 83.1. The Hall–Kier alpha value is -11.9. The molecule has 122 heavy (non-hydrogen) atoms. The first-order valence-corrected chi connectivity index (χ1v) is 42.2. The van der Waals surface area contributed by atoms with E-state index < -0.39 is 60.3 Å². The van der Waals surface area contributed by atoms with Crippen LogP contribution in [0.4, 0.5) is 61.8 Å². The van der Waals surface area contributed by atoms with Gasteiger partial charge in [0.2, 0.25) is 11.8 Å². The molecule has 2 saturated carbocycles. The number of imidazole rings is 2. The van der Waals surface area contributed by atoms with Gasteiger partial charge >= 0.3 is 12.1 Å². The molecule has 10 fully saturated rings. The van der Waals surface area contributed by atoms with Gasteiger partial charge in [0.15, 0.2) is 34.0 Å². The highest BCUT2D eigenvalue weighted by molar-refractivity contribution is 6.10. The van der Waals surface area contributed by atoms with E-state index in [-0.39, 0.29) is 132 Å². The number of morpholine rings is 2. The summed E-state index contributed by atoms with van der Waals surface area (Å²) in [5, 5.41) is 28.2. The number of hydrogen-bond donors (Lipinski definition) is 4. The number of nitrogens with zero attached hydrogens (tertiary/aromatic N) is 21. The molecular weight excluding hydrogens is 1580 g/mol. The van der Waals surface area contributed by atoms with Crippen molar-refractivity contribution in [3.63, 3.8) is 0 Å². The molecule has 8 aliphatic heterocycles. The number of hydrogen-bond acceptors (Lipinski definition) is 22. The van der Waals surface area contributed by atoms with Gasteiger partial charge in [-0.1, -0.05) is 30.6 Å². The highest BCUT2D eigenvalue weighted by atomic mass is 19.3. The molecule has 0 radical (unpaired) electrons. The Bertz CT molecular complexity index is 5860. The molecule has 0 spiro atoms. The van der Waals surface area contributed by atoms with Crippen LogP contribution >= 0.6 is 0 Å². The van der Waals surface area contributed by atoms with E-state index in [9.17, 15) is 28.8 Å². The number of imide groups is 2. The van der Waals surface area contributed by atoms with Crippen LogP contribution < -0.4 is 40.9 Å². The van der Waals surface area contributed by atoms with Gasteiger partial charge in [-0.05, 0) is 118 Å². The quantitative estimate of drug-likeness (QED) is 0.0416. The Labute approximate surface area is 696 Å². The number of nitrogens with one attached hydrogen (secondary N) is 4. The van der Waals surface area contributed by atoms with Gasteiger partial charge in [-0.2, -0.15) is 20.4 Å². The van der Waals surface area contributed by atoms with E-state index in [0.29, 0.717) is 91.6 Å². The van der Waals surface area contributed by atoms with Crippen molar-refractivity contribution in [3.8, 4) is 23.7 Å². The molecule has 10 aliphatic rings. The van der Waals surface area contributed by atoms with E-state index >= 15 is 17.6 Å². The maximum atomic E-state index is 15.5. The van der Waals surface area contributed by atoms with Crippen molar-refractivity contribution in [1.82, 2.24) is 92.9 Å². The molecule has 2 aliphatic carbocycles. The zero-order valence-electron chi connectivity index (χ0n) is 67.0. The first kappa shape index (κ1) is 78.6. The number of aromatic nitrogens is 14. The van der Waals surface area contributed by atoms with Crippen LogP contribution in [0.1, 0.15) is 152 Å². The average molecular weight is 1670 g/mol. The van der Waals surface area contributed by atoms with Crippen molar-refractivity contribution in [1.29, 1.82) is 0 Å². The second-order valence-electron chi connectivity index (χ2n) is 33.8. The number of likely N-dealkylation sites (tertiary alicyclic amines) is 1. The number of halogens is 4. The zero-order valence-corrected chi connectivity index (χ0v) is 67.0. The number of amides is 8. The monoisotopic (exact) mass is 1670 g/mol. The largest absolute Gasteiger partial charge is 0.374 e. The third kappa shape index (κ3) is 15.3. The van der Waals surface area contributed by atoms with Gasteiger partial charge in [-0.3, -0.25) is 62.7 Å². The summed E-state index contributed by atoms with van der Waals surface area (Å²) < 4.78 is 90.2. The summed E-state index contributed by atoms with van der Waals surface area (Å²) in [4.78, 5) is 112. The van der Waals surface area contributed by atoms with E-state index in [1.165, 1.54) is 43.6 Å². The molecule has 4 bridgehead atoms. The minimum atomic E-state index is -3.05. The molecule has 18 heterocycles. The molecule has 10 aromatic heterocycles. The number of rotatable bonds is 20. The molecule has 4 N–H and O–H groups in total. The Kier molecular flexibility index (Phi) is 21.1. The summed E-state index contributed by atoms with van der Waals surface area (Å²) in [5.41, 5.74) is 1.93. The maximum absolute atomic E-state index is 15.5. The highest BCUT2D eigenvalue weighted by Crippen LogP contribution is 2.49. The summed E-state index contributed by atoms with van der Waals surface area (Å²) in [6, 6.07) is 9.45. The fraction of sp³-hybridized carbons (Fsp3) is 0.500. The lowest BCUT2D eigenvalue weighted by molar-refractivity contribution is -0.121. The van der Waals surface area contributed by atoms with Crippen LogP contribution in [-0.4, -0.2) is 253 Å². The number of ether oxygens (including phenoxy) is 3. The molecule has 0 aromatic carbocycles. The summed E-state index contributed by atoms with van der Waals surface area (Å²) in [5.74, 6) is 13.8. The number of urea groups is 2. The third-order valence-electron chi connectivity index (χ3n) is 26.3. The van der Waals surface area contributed by atoms with E-state index in [4.69, 9.17) is 24.2 Å². The summed E-state index contributed by atoms with van der Waals surface area (Å²) >= 11 is 0. The van der Waals surface area contributed by atoms with Crippen molar-refractivity contribution < 1.29 is 60.5 Å². The topological polar surface area (TPSA) is 332 Å². The smallest absolute Gasteiger partial charge is 0.329 e. The molecule has 8 saturated heterocycles. The van der Waals surface area contributed by atoms with Crippen LogP contribution in [-0.2, 0) is 23.8 Å². The van der Waals surface area contributed by atoms with Crippen LogP contribution in [0.5, 0.6) is 0 Å². The number of piperazine rings is 1. The van der Waals surface area contributed by atoms with Crippen LogP contribution in [0.3, 0.4) is 0 Å². The normalized spacial score (nSPS) is 26.0. The van der Waals surface area contributed by atoms with Gasteiger partial charge in [0, 0.05) is 134 Å². The van der Waals surface area contributed by atoms with Gasteiger partial charge in [-0.15, -0.1) is 0 Å². The molecule has 34 nitrogen and oxygen atoms in total. The first-order chi connectivity index (χ1) is 59.4. The predicted octanol–water partition coefficient (Wildman–Crippen LogP) is 7.89. The maximum Gasteiger partial charge on any atom is 0.329 e. The molecule has 10 atom stereocenters. The van der Waals surface area contributed by atoms with E-state index in [1.807, 2.05) is 47.0 Å². The Morgan fingerprint density at radius 3 is 1.75 bits per heavy atom. The standard InChI is InChI=1S/C84H91F4N25O9/c1-49-41-103(24-16-65(49)120-33-5-9-53-8-4-23-105-71(40-90-78(53)105)107-26-20-69(115)98-84(107)119)43-51-12-15-63(113-47-62(73(100-113)76(87)88)94-82(117)59-37-91-110-27-17-66(95-79(59)110)108-44-56-35-55(108)48-121-56)58(34-51)74-64-36-57(122-74)45-109(64)67-18-28-111-80(96-67)60(38-92-111)81(116)93-61-46-112(99-72(61)75(85)86)54-13-10-50(11-14-54)42-102-31-29-101(30-32-102)21-2-6-52-7-3-22-104-70(39-89-77(52)104)106-25-19-68(114)97-83(106)118/h3-4,7-8,17-18,22-23,27-28,37-40,46-47,49-51,54-58,63-65,74-76H,10-16,19-21,24-26,29-36,41-45,48H2,1H3,(H,93,116)(H,94,117)(H,97,114,118)(H,98,115,119)/t49-,50?,51+,54?,55+,56+,57+,58?,63+,64+,65-,74?/m0/s1. The molecule has 634 valence electrons. The van der Waals surface area contributed by atoms with Crippen LogP contribution in [0, 0.1) is 47.4 Å². The molecular formula is C84H91F4N25O9. The van der Waals surface area contributed by atoms with Crippen molar-refractivity contribution in [2.24, 2.45) is 23.7 Å².